The highest BCUT2D eigenvalue weighted by Crippen LogP contribution is 2.22. The molecule has 1 fully saturated rings. The number of aromatic nitrogens is 2. The van der Waals surface area contributed by atoms with E-state index in [2.05, 4.69) is 26.6 Å². The summed E-state index contributed by atoms with van der Waals surface area (Å²) in [6, 6.07) is 8.93. The summed E-state index contributed by atoms with van der Waals surface area (Å²) >= 11 is 0. The summed E-state index contributed by atoms with van der Waals surface area (Å²) in [5, 5.41) is 0. The van der Waals surface area contributed by atoms with Crippen LogP contribution in [0.3, 0.4) is 0 Å². The summed E-state index contributed by atoms with van der Waals surface area (Å²) in [7, 11) is 2.03. The molecule has 1 aromatic heterocycles. The lowest BCUT2D eigenvalue weighted by atomic mass is 10.2. The molecule has 5 nitrogen and oxygen atoms in total. The van der Waals surface area contributed by atoms with Gasteiger partial charge in [0.2, 0.25) is 5.95 Å². The van der Waals surface area contributed by atoms with Gasteiger partial charge >= 0.3 is 0 Å². The van der Waals surface area contributed by atoms with E-state index in [-0.39, 0.29) is 5.82 Å². The van der Waals surface area contributed by atoms with Crippen molar-refractivity contribution in [3.63, 3.8) is 0 Å². The van der Waals surface area contributed by atoms with Gasteiger partial charge in [-0.2, -0.15) is 4.98 Å². The first-order chi connectivity index (χ1) is 12.2. The van der Waals surface area contributed by atoms with Crippen LogP contribution in [0.25, 0.3) is 0 Å². The van der Waals surface area contributed by atoms with Crippen LogP contribution in [0.5, 0.6) is 0 Å². The summed E-state index contributed by atoms with van der Waals surface area (Å²) in [6.45, 7) is 6.35. The molecule has 1 aromatic carbocycles. The minimum absolute atomic E-state index is 0.155. The summed E-state index contributed by atoms with van der Waals surface area (Å²) in [5.41, 5.74) is 0.685. The molecule has 6 heteroatoms. The maximum atomic E-state index is 14.0. The van der Waals surface area contributed by atoms with E-state index in [0.29, 0.717) is 5.69 Å². The molecule has 3 rings (SSSR count). The number of halogens is 1. The predicted octanol–water partition coefficient (Wildman–Crippen LogP) is 3.18. The number of para-hydroxylation sites is 1. The van der Waals surface area contributed by atoms with Crippen molar-refractivity contribution in [2.45, 2.75) is 19.8 Å². The Hall–Kier alpha value is -2.37. The third kappa shape index (κ3) is 4.18. The van der Waals surface area contributed by atoms with Crippen molar-refractivity contribution in [3.8, 4) is 0 Å². The highest BCUT2D eigenvalue weighted by molar-refractivity contribution is 5.51. The van der Waals surface area contributed by atoms with Crippen molar-refractivity contribution in [3.05, 3.63) is 42.3 Å². The predicted molar refractivity (Wildman–Crippen MR) is 101 cm³/mol. The van der Waals surface area contributed by atoms with Gasteiger partial charge in [-0.15, -0.1) is 0 Å². The number of hydrogen-bond donors (Lipinski definition) is 0. The Kier molecular flexibility index (Phi) is 5.68. The Balaban J connectivity index is 1.64. The molecule has 0 amide bonds. The van der Waals surface area contributed by atoms with Crippen molar-refractivity contribution >= 4 is 17.5 Å². The zero-order valence-corrected chi connectivity index (χ0v) is 15.0. The van der Waals surface area contributed by atoms with Crippen LogP contribution in [0, 0.1) is 5.82 Å². The first-order valence-electron chi connectivity index (χ1n) is 8.97. The van der Waals surface area contributed by atoms with Crippen LogP contribution in [-0.4, -0.2) is 49.7 Å². The number of nitrogens with zero attached hydrogens (tertiary/aromatic N) is 5. The van der Waals surface area contributed by atoms with E-state index < -0.39 is 0 Å². The van der Waals surface area contributed by atoms with Crippen LogP contribution in [-0.2, 0) is 0 Å². The monoisotopic (exact) mass is 343 g/mol. The van der Waals surface area contributed by atoms with Crippen LogP contribution in [0.1, 0.15) is 19.8 Å². The smallest absolute Gasteiger partial charge is 0.226 e. The normalized spacial score (nSPS) is 14.7. The van der Waals surface area contributed by atoms with E-state index in [1.807, 2.05) is 31.4 Å². The maximum absolute atomic E-state index is 14.0. The minimum Gasteiger partial charge on any atom is -0.366 e. The topological polar surface area (TPSA) is 35.5 Å². The third-order valence-corrected chi connectivity index (χ3v) is 4.61. The SMILES string of the molecule is CCCCN(C)c1nccc(N2CCN(c3ccccc3F)CC2)n1. The van der Waals surface area contributed by atoms with Gasteiger partial charge in [0.1, 0.15) is 11.6 Å². The van der Waals surface area contributed by atoms with Gasteiger partial charge in [-0.05, 0) is 24.6 Å². The molecular formula is C19H26FN5. The van der Waals surface area contributed by atoms with Crippen LogP contribution in [0.2, 0.25) is 0 Å². The van der Waals surface area contributed by atoms with E-state index >= 15 is 0 Å². The van der Waals surface area contributed by atoms with E-state index in [0.717, 1.165) is 57.3 Å². The second-order valence-electron chi connectivity index (χ2n) is 6.42. The summed E-state index contributed by atoms with van der Waals surface area (Å²) in [4.78, 5) is 15.5. The van der Waals surface area contributed by atoms with Crippen molar-refractivity contribution < 1.29 is 4.39 Å². The zero-order valence-electron chi connectivity index (χ0n) is 15.0. The molecule has 2 aromatic rings. The molecule has 134 valence electrons. The molecule has 0 radical (unpaired) electrons. The quantitative estimate of drug-likeness (QED) is 0.805. The number of unbranched alkanes of at least 4 members (excludes halogenated alkanes) is 1. The summed E-state index contributed by atoms with van der Waals surface area (Å²) < 4.78 is 14.0. The lowest BCUT2D eigenvalue weighted by molar-refractivity contribution is 0.596. The van der Waals surface area contributed by atoms with Crippen molar-refractivity contribution in [2.24, 2.45) is 0 Å². The van der Waals surface area contributed by atoms with Gasteiger partial charge in [0.25, 0.3) is 0 Å². The molecule has 2 heterocycles. The fraction of sp³-hybridized carbons (Fsp3) is 0.474. The van der Waals surface area contributed by atoms with E-state index in [1.165, 1.54) is 6.07 Å². The number of piperazine rings is 1. The van der Waals surface area contributed by atoms with Crippen molar-refractivity contribution in [1.29, 1.82) is 0 Å². The van der Waals surface area contributed by atoms with Gasteiger partial charge in [0.15, 0.2) is 0 Å². The molecule has 0 unspecified atom stereocenters. The van der Waals surface area contributed by atoms with Gasteiger partial charge in [0.05, 0.1) is 5.69 Å². The zero-order chi connectivity index (χ0) is 17.6. The van der Waals surface area contributed by atoms with E-state index in [9.17, 15) is 4.39 Å². The maximum Gasteiger partial charge on any atom is 0.226 e. The van der Waals surface area contributed by atoms with Crippen LogP contribution in [0.4, 0.5) is 21.8 Å². The molecular weight excluding hydrogens is 317 g/mol. The molecule has 25 heavy (non-hydrogen) atoms. The van der Waals surface area contributed by atoms with Gasteiger partial charge < -0.3 is 14.7 Å². The Morgan fingerprint density at radius 3 is 2.52 bits per heavy atom. The average molecular weight is 343 g/mol. The fourth-order valence-corrected chi connectivity index (χ4v) is 3.08. The molecule has 1 aliphatic heterocycles. The summed E-state index contributed by atoms with van der Waals surface area (Å²) in [5.74, 6) is 1.56. The lowest BCUT2D eigenvalue weighted by Gasteiger charge is -2.37. The highest BCUT2D eigenvalue weighted by atomic mass is 19.1. The number of rotatable bonds is 6. The molecule has 0 bridgehead atoms. The average Bonchev–Trinajstić information content (AvgIpc) is 2.67. The fourth-order valence-electron chi connectivity index (χ4n) is 3.08. The first kappa shape index (κ1) is 17.5. The van der Waals surface area contributed by atoms with Crippen molar-refractivity contribution in [1.82, 2.24) is 9.97 Å². The molecule has 0 N–H and O–H groups in total. The Morgan fingerprint density at radius 1 is 1.08 bits per heavy atom. The summed E-state index contributed by atoms with van der Waals surface area (Å²) in [6.07, 6.45) is 4.11. The standard InChI is InChI=1S/C19H26FN5/c1-3-4-11-23(2)19-21-10-9-18(22-19)25-14-12-24(13-15-25)17-8-6-5-7-16(17)20/h5-10H,3-4,11-15H2,1-2H3. The minimum atomic E-state index is -0.155. The van der Waals surface area contributed by atoms with Crippen LogP contribution in [0.15, 0.2) is 36.5 Å². The lowest BCUT2D eigenvalue weighted by Crippen LogP contribution is -2.47. The number of anilines is 3. The molecule has 0 atom stereocenters. The Bertz CT molecular complexity index is 685. The highest BCUT2D eigenvalue weighted by Gasteiger charge is 2.20. The van der Waals surface area contributed by atoms with E-state index in [1.54, 1.807) is 6.07 Å². The molecule has 0 aliphatic carbocycles. The van der Waals surface area contributed by atoms with Gasteiger partial charge in [-0.1, -0.05) is 25.5 Å². The molecule has 1 saturated heterocycles. The molecule has 1 aliphatic rings. The number of benzene rings is 1. The van der Waals surface area contributed by atoms with Gasteiger partial charge in [0, 0.05) is 46.0 Å². The second kappa shape index (κ2) is 8.14. The van der Waals surface area contributed by atoms with Gasteiger partial charge in [-0.25, -0.2) is 9.37 Å². The van der Waals surface area contributed by atoms with Crippen LogP contribution < -0.4 is 14.7 Å². The van der Waals surface area contributed by atoms with Crippen LogP contribution >= 0.6 is 0 Å². The van der Waals surface area contributed by atoms with Gasteiger partial charge in [-0.3, -0.25) is 0 Å². The molecule has 0 saturated carbocycles. The number of hydrogen-bond acceptors (Lipinski definition) is 5. The first-order valence-corrected chi connectivity index (χ1v) is 8.97. The molecule has 0 spiro atoms. The van der Waals surface area contributed by atoms with Crippen molar-refractivity contribution in [2.75, 3.05) is 54.5 Å². The Labute approximate surface area is 149 Å². The van der Waals surface area contributed by atoms with E-state index in [4.69, 9.17) is 4.98 Å². The third-order valence-electron chi connectivity index (χ3n) is 4.61. The second-order valence-corrected chi connectivity index (χ2v) is 6.42. The Morgan fingerprint density at radius 2 is 1.80 bits per heavy atom. The largest absolute Gasteiger partial charge is 0.366 e.